The summed E-state index contributed by atoms with van der Waals surface area (Å²) in [5.41, 5.74) is 4.40. The normalized spacial score (nSPS) is 16.1. The summed E-state index contributed by atoms with van der Waals surface area (Å²) in [6.07, 6.45) is 4.08. The number of rotatable bonds is 7. The van der Waals surface area contributed by atoms with Gasteiger partial charge in [0, 0.05) is 78.6 Å². The van der Waals surface area contributed by atoms with Gasteiger partial charge < -0.3 is 19.9 Å². The smallest absolute Gasteiger partial charge is 0.259 e. The van der Waals surface area contributed by atoms with Gasteiger partial charge in [-0.25, -0.2) is 13.8 Å². The number of hydrogen-bond donors (Lipinski definition) is 1. The molecular formula is C40H34F2N4O4S. The van der Waals surface area contributed by atoms with Crippen LogP contribution in [0.5, 0.6) is 0 Å². The van der Waals surface area contributed by atoms with E-state index < -0.39 is 11.6 Å². The summed E-state index contributed by atoms with van der Waals surface area (Å²) in [5.74, 6) is -1.47. The molecule has 5 heterocycles. The minimum absolute atomic E-state index is 0.143. The molecule has 0 radical (unpaired) electrons. The maximum absolute atomic E-state index is 14.3. The number of fused-ring (bicyclic) bond motifs is 3. The number of thiophene rings is 1. The highest BCUT2D eigenvalue weighted by atomic mass is 32.1. The van der Waals surface area contributed by atoms with E-state index in [1.165, 1.54) is 17.4 Å². The largest absolute Gasteiger partial charge is 0.381 e. The molecule has 1 spiro atoms. The first-order chi connectivity index (χ1) is 24.8. The van der Waals surface area contributed by atoms with E-state index in [0.717, 1.165) is 73.0 Å². The molecular weight excluding hydrogens is 671 g/mol. The monoisotopic (exact) mass is 704 g/mol. The molecule has 0 saturated carbocycles. The Kier molecular flexibility index (Phi) is 8.69. The van der Waals surface area contributed by atoms with Crippen LogP contribution < -0.4 is 15.1 Å². The van der Waals surface area contributed by atoms with Crippen LogP contribution in [0.4, 0.5) is 26.0 Å². The lowest BCUT2D eigenvalue weighted by molar-refractivity contribution is -0.000510. The Morgan fingerprint density at radius 3 is 2.49 bits per heavy atom. The van der Waals surface area contributed by atoms with Gasteiger partial charge in [0.05, 0.1) is 16.1 Å². The van der Waals surface area contributed by atoms with E-state index in [9.17, 15) is 23.2 Å². The number of ketones is 1. The van der Waals surface area contributed by atoms with Crippen LogP contribution in [0.15, 0.2) is 91.1 Å². The van der Waals surface area contributed by atoms with Gasteiger partial charge in [0.1, 0.15) is 17.5 Å². The number of amides is 2. The number of benzene rings is 3. The summed E-state index contributed by atoms with van der Waals surface area (Å²) in [4.78, 5) is 50.4. The lowest BCUT2D eigenvalue weighted by Crippen LogP contribution is -2.59. The first-order valence-corrected chi connectivity index (χ1v) is 17.8. The predicted octanol–water partition coefficient (Wildman–Crippen LogP) is 7.59. The van der Waals surface area contributed by atoms with Crippen LogP contribution in [0, 0.1) is 17.0 Å². The second-order valence-corrected chi connectivity index (χ2v) is 14.5. The molecule has 3 aliphatic rings. The van der Waals surface area contributed by atoms with Gasteiger partial charge in [-0.3, -0.25) is 14.4 Å². The number of anilines is 3. The molecule has 2 amide bonds. The zero-order chi connectivity index (χ0) is 35.1. The second kappa shape index (κ2) is 13.5. The average molecular weight is 705 g/mol. The molecule has 0 unspecified atom stereocenters. The third-order valence-electron chi connectivity index (χ3n) is 10.1. The van der Waals surface area contributed by atoms with Crippen LogP contribution in [0.1, 0.15) is 54.4 Å². The number of carbonyl (C=O) groups is 3. The van der Waals surface area contributed by atoms with Crippen molar-refractivity contribution in [3.05, 3.63) is 130 Å². The van der Waals surface area contributed by atoms with E-state index >= 15 is 0 Å². The fourth-order valence-electron chi connectivity index (χ4n) is 7.28. The third kappa shape index (κ3) is 6.43. The fourth-order valence-corrected chi connectivity index (χ4v) is 8.46. The summed E-state index contributed by atoms with van der Waals surface area (Å²) in [6.45, 7) is 3.64. The summed E-state index contributed by atoms with van der Waals surface area (Å²) in [7, 11) is 0. The zero-order valence-corrected chi connectivity index (χ0v) is 28.5. The molecule has 2 aromatic heterocycles. The van der Waals surface area contributed by atoms with Crippen LogP contribution in [-0.4, -0.2) is 55.4 Å². The number of nitrogens with one attached hydrogen (secondary N) is 1. The summed E-state index contributed by atoms with van der Waals surface area (Å²) in [5, 5.41) is 2.97. The molecule has 51 heavy (non-hydrogen) atoms. The second-order valence-electron chi connectivity index (χ2n) is 13.4. The minimum atomic E-state index is -0.746. The summed E-state index contributed by atoms with van der Waals surface area (Å²) in [6, 6.07) is 23.0. The molecule has 2 fully saturated rings. The van der Waals surface area contributed by atoms with Gasteiger partial charge in [-0.05, 0) is 85.0 Å². The maximum Gasteiger partial charge on any atom is 0.259 e. The Labute approximate surface area is 297 Å². The molecule has 11 heteroatoms. The fraction of sp³-hybridized carbons (Fsp3) is 0.250. The topological polar surface area (TPSA) is 91.8 Å². The highest BCUT2D eigenvalue weighted by Crippen LogP contribution is 2.43. The zero-order valence-electron chi connectivity index (χ0n) is 27.7. The molecule has 258 valence electrons. The Hall–Kier alpha value is -5.26. The van der Waals surface area contributed by atoms with E-state index in [1.54, 1.807) is 47.5 Å². The summed E-state index contributed by atoms with van der Waals surface area (Å²) < 4.78 is 33.2. The molecule has 0 atom stereocenters. The van der Waals surface area contributed by atoms with E-state index in [0.29, 0.717) is 40.5 Å². The number of halogens is 2. The number of pyridine rings is 1. The van der Waals surface area contributed by atoms with E-state index in [1.807, 2.05) is 30.3 Å². The first-order valence-electron chi connectivity index (χ1n) is 17.0. The number of ether oxygens (including phenoxy) is 1. The van der Waals surface area contributed by atoms with Crippen LogP contribution in [0.25, 0.3) is 10.4 Å². The van der Waals surface area contributed by atoms with E-state index in [-0.39, 0.29) is 35.0 Å². The molecule has 0 bridgehead atoms. The van der Waals surface area contributed by atoms with Crippen LogP contribution >= 0.6 is 11.3 Å². The Bertz CT molecular complexity index is 2150. The molecule has 5 aromatic rings. The van der Waals surface area contributed by atoms with Crippen molar-refractivity contribution in [1.29, 1.82) is 0 Å². The number of nitrogens with zero attached hydrogens (tertiary/aromatic N) is 3. The van der Waals surface area contributed by atoms with Crippen molar-refractivity contribution >= 4 is 46.1 Å². The van der Waals surface area contributed by atoms with Gasteiger partial charge in [0.15, 0.2) is 5.78 Å². The number of hydrogen-bond acceptors (Lipinski definition) is 7. The van der Waals surface area contributed by atoms with Gasteiger partial charge in [-0.2, -0.15) is 0 Å². The molecule has 3 aliphatic heterocycles. The Morgan fingerprint density at radius 1 is 0.922 bits per heavy atom. The van der Waals surface area contributed by atoms with Gasteiger partial charge in [0.2, 0.25) is 0 Å². The molecule has 8 rings (SSSR count). The van der Waals surface area contributed by atoms with Gasteiger partial charge >= 0.3 is 0 Å². The maximum atomic E-state index is 14.3. The SMILES string of the molecule is O=C(Cc1ccc(F)cc1F)c1cc2c(s1)-c1ccccc1N(C(=O)c1ccc(NC(=O)c3cccnc3N3CC4(CCOCC4)C3)cc1)CC2. The van der Waals surface area contributed by atoms with Crippen LogP contribution in [-0.2, 0) is 17.6 Å². The highest BCUT2D eigenvalue weighted by molar-refractivity contribution is 7.17. The molecule has 2 saturated heterocycles. The van der Waals surface area contributed by atoms with Crippen molar-refractivity contribution in [1.82, 2.24) is 4.98 Å². The number of Topliss-reactive ketones (excluding diaryl/α,β-unsaturated/α-hetero) is 1. The first kappa shape index (κ1) is 32.9. The highest BCUT2D eigenvalue weighted by Gasteiger charge is 2.45. The van der Waals surface area contributed by atoms with Crippen molar-refractivity contribution in [2.75, 3.05) is 48.0 Å². The number of carbonyl (C=O) groups excluding carboxylic acids is 3. The van der Waals surface area contributed by atoms with E-state index in [2.05, 4.69) is 15.2 Å². The Morgan fingerprint density at radius 2 is 1.71 bits per heavy atom. The summed E-state index contributed by atoms with van der Waals surface area (Å²) >= 11 is 1.32. The average Bonchev–Trinajstić information content (AvgIpc) is 3.50. The van der Waals surface area contributed by atoms with Gasteiger partial charge in [0.25, 0.3) is 11.8 Å². The number of para-hydroxylation sites is 1. The molecule has 8 nitrogen and oxygen atoms in total. The number of aromatic nitrogens is 1. The Balaban J connectivity index is 0.964. The lowest BCUT2D eigenvalue weighted by atomic mass is 9.73. The van der Waals surface area contributed by atoms with Crippen molar-refractivity contribution in [3.8, 4) is 10.4 Å². The third-order valence-corrected chi connectivity index (χ3v) is 11.3. The van der Waals surface area contributed by atoms with Gasteiger partial charge in [-0.1, -0.05) is 24.3 Å². The standard InChI is InChI=1S/C40H34F2N4O4S/c41-28-10-7-26(32(42)22-28)20-34(47)35-21-27-13-17-46(33-6-2-1-4-30(33)36(27)51-35)39(49)25-8-11-29(12-9-25)44-38(48)31-5-3-16-43-37(31)45-23-40(24-45)14-18-50-19-15-40/h1-12,16,21-22H,13-15,17-20,23-24H2,(H,44,48). The lowest BCUT2D eigenvalue weighted by Gasteiger charge is -2.53. The minimum Gasteiger partial charge on any atom is -0.381 e. The predicted molar refractivity (Wildman–Crippen MR) is 193 cm³/mol. The van der Waals surface area contributed by atoms with Crippen LogP contribution in [0.3, 0.4) is 0 Å². The van der Waals surface area contributed by atoms with Crippen molar-refractivity contribution in [2.24, 2.45) is 5.41 Å². The van der Waals surface area contributed by atoms with Crippen molar-refractivity contribution in [3.63, 3.8) is 0 Å². The van der Waals surface area contributed by atoms with Gasteiger partial charge in [-0.15, -0.1) is 11.3 Å². The van der Waals surface area contributed by atoms with Crippen LogP contribution in [0.2, 0.25) is 0 Å². The quantitative estimate of drug-likeness (QED) is 0.176. The molecule has 3 aromatic carbocycles. The van der Waals surface area contributed by atoms with Crippen molar-refractivity contribution < 1.29 is 27.9 Å². The van der Waals surface area contributed by atoms with Crippen molar-refractivity contribution in [2.45, 2.75) is 25.7 Å². The molecule has 0 aliphatic carbocycles. The molecule has 1 N–H and O–H groups in total. The van der Waals surface area contributed by atoms with E-state index in [4.69, 9.17) is 4.74 Å².